The van der Waals surface area contributed by atoms with Crippen LogP contribution in [0, 0.1) is 6.92 Å². The third-order valence-corrected chi connectivity index (χ3v) is 4.96. The van der Waals surface area contributed by atoms with E-state index in [1.807, 2.05) is 31.2 Å². The van der Waals surface area contributed by atoms with Gasteiger partial charge in [-0.25, -0.2) is 0 Å². The topological polar surface area (TPSA) is 59.2 Å². The van der Waals surface area contributed by atoms with Crippen molar-refractivity contribution >= 4 is 34.8 Å². The predicted octanol–water partition coefficient (Wildman–Crippen LogP) is 4.87. The van der Waals surface area contributed by atoms with Crippen molar-refractivity contribution in [3.63, 3.8) is 0 Å². The van der Waals surface area contributed by atoms with Crippen molar-refractivity contribution in [2.75, 3.05) is 11.4 Å². The molecule has 1 unspecified atom stereocenters. The lowest BCUT2D eigenvalue weighted by Gasteiger charge is -2.18. The van der Waals surface area contributed by atoms with Crippen molar-refractivity contribution in [3.05, 3.63) is 64.0 Å². The van der Waals surface area contributed by atoms with Gasteiger partial charge in [-0.2, -0.15) is 4.98 Å². The van der Waals surface area contributed by atoms with Crippen LogP contribution in [0.2, 0.25) is 10.0 Å². The summed E-state index contributed by atoms with van der Waals surface area (Å²) in [7, 11) is 0. The van der Waals surface area contributed by atoms with E-state index in [4.69, 9.17) is 27.7 Å². The molecule has 4 rings (SSSR count). The number of benzene rings is 2. The minimum Gasteiger partial charge on any atom is -0.339 e. The Labute approximate surface area is 160 Å². The molecule has 1 amide bonds. The number of anilines is 1. The van der Waals surface area contributed by atoms with E-state index in [1.54, 1.807) is 23.1 Å². The number of amides is 1. The summed E-state index contributed by atoms with van der Waals surface area (Å²) in [4.78, 5) is 18.7. The number of carbonyl (C=O) groups is 1. The maximum atomic E-state index is 12.5. The van der Waals surface area contributed by atoms with Crippen molar-refractivity contribution in [1.82, 2.24) is 10.1 Å². The first kappa shape index (κ1) is 17.1. The van der Waals surface area contributed by atoms with Crippen molar-refractivity contribution in [2.45, 2.75) is 19.3 Å². The van der Waals surface area contributed by atoms with Gasteiger partial charge in [-0.3, -0.25) is 4.79 Å². The molecule has 0 aliphatic carbocycles. The summed E-state index contributed by atoms with van der Waals surface area (Å²) in [6, 6.07) is 12.7. The Morgan fingerprint density at radius 1 is 1.12 bits per heavy atom. The van der Waals surface area contributed by atoms with E-state index in [2.05, 4.69) is 10.1 Å². The zero-order chi connectivity index (χ0) is 18.3. The third kappa shape index (κ3) is 3.20. The summed E-state index contributed by atoms with van der Waals surface area (Å²) >= 11 is 11.9. The van der Waals surface area contributed by atoms with Gasteiger partial charge in [-0.15, -0.1) is 0 Å². The summed E-state index contributed by atoms with van der Waals surface area (Å²) in [6.07, 6.45) is 0.338. The molecular formula is C19H15Cl2N3O2. The molecule has 1 saturated heterocycles. The van der Waals surface area contributed by atoms with Gasteiger partial charge < -0.3 is 9.42 Å². The van der Waals surface area contributed by atoms with Crippen LogP contribution >= 0.6 is 23.2 Å². The number of aromatic nitrogens is 2. The number of nitrogens with zero attached hydrogens (tertiary/aromatic N) is 3. The number of halogens is 2. The van der Waals surface area contributed by atoms with Crippen LogP contribution in [-0.4, -0.2) is 22.6 Å². The first-order chi connectivity index (χ1) is 12.5. The molecule has 0 saturated carbocycles. The van der Waals surface area contributed by atoms with Crippen LogP contribution < -0.4 is 4.90 Å². The van der Waals surface area contributed by atoms with Crippen LogP contribution in [0.4, 0.5) is 5.69 Å². The SMILES string of the molecule is Cc1cc(Cl)ccc1N1CC(c2nc(-c3ccc(Cl)cc3)no2)CC1=O. The van der Waals surface area contributed by atoms with Crippen molar-refractivity contribution < 1.29 is 9.32 Å². The highest BCUT2D eigenvalue weighted by atomic mass is 35.5. The Balaban J connectivity index is 1.56. The Morgan fingerprint density at radius 3 is 2.58 bits per heavy atom. The Hall–Kier alpha value is -2.37. The first-order valence-corrected chi connectivity index (χ1v) is 8.93. The fourth-order valence-electron chi connectivity index (χ4n) is 3.14. The average Bonchev–Trinajstić information content (AvgIpc) is 3.23. The lowest BCUT2D eigenvalue weighted by Crippen LogP contribution is -2.25. The summed E-state index contributed by atoms with van der Waals surface area (Å²) in [5.41, 5.74) is 2.64. The van der Waals surface area contributed by atoms with Gasteiger partial charge in [0.2, 0.25) is 17.6 Å². The maximum absolute atomic E-state index is 12.5. The van der Waals surface area contributed by atoms with Crippen LogP contribution in [-0.2, 0) is 4.79 Å². The molecule has 1 fully saturated rings. The number of carbonyl (C=O) groups excluding carboxylic acids is 1. The highest BCUT2D eigenvalue weighted by molar-refractivity contribution is 6.31. The van der Waals surface area contributed by atoms with Gasteiger partial charge in [0.05, 0.1) is 5.92 Å². The standard InChI is InChI=1S/C19H15Cl2N3O2/c1-11-8-15(21)6-7-16(11)24-10-13(9-17(24)25)19-22-18(23-26-19)12-2-4-14(20)5-3-12/h2-8,13H,9-10H2,1H3. The summed E-state index contributed by atoms with van der Waals surface area (Å²) in [5.74, 6) is 0.862. The lowest BCUT2D eigenvalue weighted by atomic mass is 10.1. The van der Waals surface area contributed by atoms with Crippen LogP contribution in [0.5, 0.6) is 0 Å². The molecule has 2 heterocycles. The van der Waals surface area contributed by atoms with E-state index in [1.165, 1.54) is 0 Å². The quantitative estimate of drug-likeness (QED) is 0.642. The minimum absolute atomic E-state index is 0.0339. The number of rotatable bonds is 3. The molecule has 2 aromatic carbocycles. The monoisotopic (exact) mass is 387 g/mol. The van der Waals surface area contributed by atoms with Crippen molar-refractivity contribution in [3.8, 4) is 11.4 Å². The fourth-order valence-corrected chi connectivity index (χ4v) is 3.50. The van der Waals surface area contributed by atoms with Crippen molar-refractivity contribution in [2.24, 2.45) is 0 Å². The molecule has 0 N–H and O–H groups in total. The Morgan fingerprint density at radius 2 is 1.85 bits per heavy atom. The number of hydrogen-bond donors (Lipinski definition) is 0. The van der Waals surface area contributed by atoms with E-state index in [-0.39, 0.29) is 11.8 Å². The summed E-state index contributed by atoms with van der Waals surface area (Å²) in [6.45, 7) is 2.44. The highest BCUT2D eigenvalue weighted by Gasteiger charge is 2.35. The molecule has 132 valence electrons. The molecular weight excluding hydrogens is 373 g/mol. The predicted molar refractivity (Wildman–Crippen MR) is 101 cm³/mol. The molecule has 7 heteroatoms. The van der Waals surface area contributed by atoms with Gasteiger partial charge in [0.1, 0.15) is 0 Å². The average molecular weight is 388 g/mol. The second kappa shape index (κ2) is 6.74. The van der Waals surface area contributed by atoms with Gasteiger partial charge in [0.25, 0.3) is 0 Å². The minimum atomic E-state index is -0.133. The third-order valence-electron chi connectivity index (χ3n) is 4.47. The molecule has 1 atom stereocenters. The van der Waals surface area contributed by atoms with E-state index in [0.717, 1.165) is 16.8 Å². The van der Waals surface area contributed by atoms with Gasteiger partial charge in [0.15, 0.2) is 0 Å². The zero-order valence-corrected chi connectivity index (χ0v) is 15.5. The second-order valence-electron chi connectivity index (χ2n) is 6.30. The molecule has 26 heavy (non-hydrogen) atoms. The number of hydrogen-bond acceptors (Lipinski definition) is 4. The first-order valence-electron chi connectivity index (χ1n) is 8.17. The lowest BCUT2D eigenvalue weighted by molar-refractivity contribution is -0.117. The maximum Gasteiger partial charge on any atom is 0.232 e. The van der Waals surface area contributed by atoms with Crippen molar-refractivity contribution in [1.29, 1.82) is 0 Å². The van der Waals surface area contributed by atoms with Gasteiger partial charge >= 0.3 is 0 Å². The molecule has 1 aliphatic rings. The van der Waals surface area contributed by atoms with E-state index in [9.17, 15) is 4.79 Å². The fraction of sp³-hybridized carbons (Fsp3) is 0.211. The van der Waals surface area contributed by atoms with Crippen LogP contribution in [0.25, 0.3) is 11.4 Å². The van der Waals surface area contributed by atoms with E-state index in [0.29, 0.717) is 34.7 Å². The molecule has 3 aromatic rings. The molecule has 5 nitrogen and oxygen atoms in total. The summed E-state index contributed by atoms with van der Waals surface area (Å²) in [5, 5.41) is 5.33. The zero-order valence-electron chi connectivity index (χ0n) is 13.9. The smallest absolute Gasteiger partial charge is 0.232 e. The molecule has 0 radical (unpaired) electrons. The molecule has 1 aromatic heterocycles. The summed E-state index contributed by atoms with van der Waals surface area (Å²) < 4.78 is 5.42. The van der Waals surface area contributed by atoms with E-state index >= 15 is 0 Å². The van der Waals surface area contributed by atoms with Gasteiger partial charge in [-0.05, 0) is 55.0 Å². The van der Waals surface area contributed by atoms with Crippen LogP contribution in [0.1, 0.15) is 23.8 Å². The number of aryl methyl sites for hydroxylation is 1. The van der Waals surface area contributed by atoms with Gasteiger partial charge in [-0.1, -0.05) is 28.4 Å². The molecule has 0 spiro atoms. The molecule has 0 bridgehead atoms. The highest BCUT2D eigenvalue weighted by Crippen LogP contribution is 2.34. The Kier molecular flexibility index (Phi) is 4.42. The van der Waals surface area contributed by atoms with E-state index < -0.39 is 0 Å². The second-order valence-corrected chi connectivity index (χ2v) is 7.17. The largest absolute Gasteiger partial charge is 0.339 e. The van der Waals surface area contributed by atoms with Crippen LogP contribution in [0.15, 0.2) is 47.0 Å². The van der Waals surface area contributed by atoms with Crippen LogP contribution in [0.3, 0.4) is 0 Å². The van der Waals surface area contributed by atoms with Gasteiger partial charge in [0, 0.05) is 34.3 Å². The molecule has 1 aliphatic heterocycles. The Bertz CT molecular complexity index is 969. The normalized spacial score (nSPS) is 17.1.